The highest BCUT2D eigenvalue weighted by Gasteiger charge is 2.28. The van der Waals surface area contributed by atoms with Crippen molar-refractivity contribution in [1.82, 2.24) is 9.78 Å². The number of rotatable bonds is 5. The molecule has 29 heavy (non-hydrogen) atoms. The van der Waals surface area contributed by atoms with E-state index in [1.807, 2.05) is 67.1 Å². The summed E-state index contributed by atoms with van der Waals surface area (Å²) in [5.41, 5.74) is 5.91. The zero-order valence-corrected chi connectivity index (χ0v) is 16.6. The zero-order chi connectivity index (χ0) is 20.4. The van der Waals surface area contributed by atoms with Crippen molar-refractivity contribution < 1.29 is 14.3 Å². The molecular weight excluding hydrogens is 366 g/mol. The highest BCUT2D eigenvalue weighted by molar-refractivity contribution is 5.96. The Bertz CT molecular complexity index is 1070. The minimum Gasteiger partial charge on any atom is -0.451 e. The number of para-hydroxylation sites is 1. The maximum atomic E-state index is 12.6. The van der Waals surface area contributed by atoms with E-state index in [-0.39, 0.29) is 12.5 Å². The predicted molar refractivity (Wildman–Crippen MR) is 110 cm³/mol. The number of ether oxygens (including phenoxy) is 1. The van der Waals surface area contributed by atoms with Crippen molar-refractivity contribution in [2.24, 2.45) is 0 Å². The molecule has 0 spiro atoms. The molecule has 1 aromatic heterocycles. The van der Waals surface area contributed by atoms with Crippen LogP contribution in [0.25, 0.3) is 5.69 Å². The molecule has 1 amide bonds. The molecule has 1 aliphatic rings. The average Bonchev–Trinajstić information content (AvgIpc) is 3.32. The van der Waals surface area contributed by atoms with E-state index in [9.17, 15) is 9.59 Å². The first-order valence-corrected chi connectivity index (χ1v) is 9.73. The number of aryl methyl sites for hydroxylation is 2. The summed E-state index contributed by atoms with van der Waals surface area (Å²) in [4.78, 5) is 24.9. The molecule has 3 aromatic rings. The Kier molecular flexibility index (Phi) is 5.16. The van der Waals surface area contributed by atoms with Crippen LogP contribution in [0.2, 0.25) is 0 Å². The van der Waals surface area contributed by atoms with Gasteiger partial charge in [-0.05, 0) is 62.4 Å². The average molecular weight is 389 g/mol. The summed E-state index contributed by atoms with van der Waals surface area (Å²) in [6.07, 6.45) is 2.65. The Morgan fingerprint density at radius 3 is 2.69 bits per heavy atom. The Labute approximate surface area is 169 Å². The van der Waals surface area contributed by atoms with Crippen LogP contribution in [-0.2, 0) is 22.4 Å². The van der Waals surface area contributed by atoms with Gasteiger partial charge in [0.25, 0.3) is 5.91 Å². The van der Waals surface area contributed by atoms with Gasteiger partial charge in [-0.25, -0.2) is 9.48 Å². The standard InChI is InChI=1S/C23H23N3O3/c1-15-11-12-16(2)19(13-15)24-21(27)14-29-23(28)22-18-9-6-10-20(18)26(25-22)17-7-4-3-5-8-17/h3-5,7-8,11-13H,6,9-10,14H2,1-2H3,(H,24,27). The second-order valence-electron chi connectivity index (χ2n) is 7.32. The fourth-order valence-corrected chi connectivity index (χ4v) is 3.64. The SMILES string of the molecule is Cc1ccc(C)c(NC(=O)COC(=O)c2nn(-c3ccccc3)c3c2CCC3)c1. The smallest absolute Gasteiger partial charge is 0.359 e. The minimum absolute atomic E-state index is 0.306. The quantitative estimate of drug-likeness (QED) is 0.674. The summed E-state index contributed by atoms with van der Waals surface area (Å²) in [6.45, 7) is 3.53. The summed E-state index contributed by atoms with van der Waals surface area (Å²) in [6, 6.07) is 15.5. The van der Waals surface area contributed by atoms with E-state index >= 15 is 0 Å². The second kappa shape index (κ2) is 7.91. The molecule has 0 radical (unpaired) electrons. The third-order valence-electron chi connectivity index (χ3n) is 5.13. The fourth-order valence-electron chi connectivity index (χ4n) is 3.64. The van der Waals surface area contributed by atoms with Crippen molar-refractivity contribution in [3.05, 3.63) is 76.6 Å². The number of nitrogens with zero attached hydrogens (tertiary/aromatic N) is 2. The largest absolute Gasteiger partial charge is 0.451 e. The van der Waals surface area contributed by atoms with Crippen LogP contribution in [-0.4, -0.2) is 28.3 Å². The van der Waals surface area contributed by atoms with E-state index in [2.05, 4.69) is 10.4 Å². The van der Waals surface area contributed by atoms with Crippen LogP contribution < -0.4 is 5.32 Å². The lowest BCUT2D eigenvalue weighted by atomic mass is 10.1. The van der Waals surface area contributed by atoms with Gasteiger partial charge in [0.05, 0.1) is 5.69 Å². The second-order valence-corrected chi connectivity index (χ2v) is 7.32. The van der Waals surface area contributed by atoms with E-state index in [0.717, 1.165) is 53.0 Å². The lowest BCUT2D eigenvalue weighted by molar-refractivity contribution is -0.119. The maximum Gasteiger partial charge on any atom is 0.359 e. The van der Waals surface area contributed by atoms with E-state index < -0.39 is 5.97 Å². The maximum absolute atomic E-state index is 12.6. The molecule has 0 unspecified atom stereocenters. The first kappa shape index (κ1) is 18.9. The fraction of sp³-hybridized carbons (Fsp3) is 0.261. The summed E-state index contributed by atoms with van der Waals surface area (Å²) in [5.74, 6) is -0.930. The number of hydrogen-bond acceptors (Lipinski definition) is 4. The predicted octanol–water partition coefficient (Wildman–Crippen LogP) is 3.77. The summed E-state index contributed by atoms with van der Waals surface area (Å²) >= 11 is 0. The van der Waals surface area contributed by atoms with Crippen molar-refractivity contribution in [1.29, 1.82) is 0 Å². The van der Waals surface area contributed by atoms with Crippen LogP contribution in [0.15, 0.2) is 48.5 Å². The van der Waals surface area contributed by atoms with Gasteiger partial charge in [-0.15, -0.1) is 0 Å². The molecule has 0 bridgehead atoms. The molecule has 148 valence electrons. The van der Waals surface area contributed by atoms with Gasteiger partial charge in [0.2, 0.25) is 0 Å². The topological polar surface area (TPSA) is 73.2 Å². The van der Waals surface area contributed by atoms with Gasteiger partial charge in [-0.3, -0.25) is 4.79 Å². The first-order chi connectivity index (χ1) is 14.0. The van der Waals surface area contributed by atoms with E-state index in [1.165, 1.54) is 0 Å². The summed E-state index contributed by atoms with van der Waals surface area (Å²) in [7, 11) is 0. The highest BCUT2D eigenvalue weighted by Crippen LogP contribution is 2.28. The molecule has 1 N–H and O–H groups in total. The van der Waals surface area contributed by atoms with Crippen molar-refractivity contribution in [3.63, 3.8) is 0 Å². The van der Waals surface area contributed by atoms with E-state index in [4.69, 9.17) is 4.74 Å². The Morgan fingerprint density at radius 2 is 1.90 bits per heavy atom. The number of esters is 1. The van der Waals surface area contributed by atoms with Gasteiger partial charge < -0.3 is 10.1 Å². The highest BCUT2D eigenvalue weighted by atomic mass is 16.5. The number of carbonyl (C=O) groups is 2. The van der Waals surface area contributed by atoms with Gasteiger partial charge in [-0.1, -0.05) is 30.3 Å². The van der Waals surface area contributed by atoms with Crippen LogP contribution in [0, 0.1) is 13.8 Å². The number of anilines is 1. The monoisotopic (exact) mass is 389 g/mol. The molecule has 0 aliphatic heterocycles. The number of nitrogens with one attached hydrogen (secondary N) is 1. The van der Waals surface area contributed by atoms with E-state index in [1.54, 1.807) is 0 Å². The number of aromatic nitrogens is 2. The number of amides is 1. The molecule has 2 aromatic carbocycles. The minimum atomic E-state index is -0.561. The zero-order valence-electron chi connectivity index (χ0n) is 16.6. The first-order valence-electron chi connectivity index (χ1n) is 9.73. The number of fused-ring (bicyclic) bond motifs is 1. The molecule has 0 fully saturated rings. The lowest BCUT2D eigenvalue weighted by Gasteiger charge is -2.09. The molecule has 1 aliphatic carbocycles. The normalized spacial score (nSPS) is 12.5. The number of hydrogen-bond donors (Lipinski definition) is 1. The molecular formula is C23H23N3O3. The van der Waals surface area contributed by atoms with Gasteiger partial charge in [0.1, 0.15) is 0 Å². The van der Waals surface area contributed by atoms with E-state index in [0.29, 0.717) is 5.69 Å². The molecule has 4 rings (SSSR count). The van der Waals surface area contributed by atoms with Gasteiger partial charge >= 0.3 is 5.97 Å². The van der Waals surface area contributed by atoms with Crippen molar-refractivity contribution in [3.8, 4) is 5.69 Å². The van der Waals surface area contributed by atoms with Crippen molar-refractivity contribution in [2.75, 3.05) is 11.9 Å². The number of carbonyl (C=O) groups excluding carboxylic acids is 2. The van der Waals surface area contributed by atoms with Gasteiger partial charge in [0, 0.05) is 16.9 Å². The van der Waals surface area contributed by atoms with Gasteiger partial charge in [0.15, 0.2) is 12.3 Å². The molecule has 1 heterocycles. The number of benzene rings is 2. The van der Waals surface area contributed by atoms with Crippen molar-refractivity contribution in [2.45, 2.75) is 33.1 Å². The Hall–Kier alpha value is -3.41. The third-order valence-corrected chi connectivity index (χ3v) is 5.13. The van der Waals surface area contributed by atoms with Gasteiger partial charge in [-0.2, -0.15) is 5.10 Å². The van der Waals surface area contributed by atoms with Crippen molar-refractivity contribution >= 4 is 17.6 Å². The molecule has 6 nitrogen and oxygen atoms in total. The summed E-state index contributed by atoms with van der Waals surface area (Å²) < 4.78 is 7.09. The molecule has 0 saturated carbocycles. The summed E-state index contributed by atoms with van der Waals surface area (Å²) in [5, 5.41) is 7.30. The Morgan fingerprint density at radius 1 is 1.10 bits per heavy atom. The lowest BCUT2D eigenvalue weighted by Crippen LogP contribution is -2.22. The Balaban J connectivity index is 1.47. The van der Waals surface area contributed by atoms with Crippen LogP contribution in [0.5, 0.6) is 0 Å². The third kappa shape index (κ3) is 3.92. The molecule has 0 atom stereocenters. The molecule has 0 saturated heterocycles. The van der Waals surface area contributed by atoms with Crippen LogP contribution in [0.4, 0.5) is 5.69 Å². The molecule has 6 heteroatoms. The van der Waals surface area contributed by atoms with Crippen LogP contribution in [0.3, 0.4) is 0 Å². The van der Waals surface area contributed by atoms with Crippen LogP contribution >= 0.6 is 0 Å². The van der Waals surface area contributed by atoms with Crippen LogP contribution in [0.1, 0.15) is 39.3 Å².